The van der Waals surface area contributed by atoms with E-state index in [4.69, 9.17) is 9.47 Å². The van der Waals surface area contributed by atoms with E-state index in [2.05, 4.69) is 20.8 Å². The lowest BCUT2D eigenvalue weighted by molar-refractivity contribution is -0.00000893. The van der Waals surface area contributed by atoms with Crippen LogP contribution in [0, 0.1) is 0 Å². The zero-order valence-corrected chi connectivity index (χ0v) is 16.5. The van der Waals surface area contributed by atoms with E-state index < -0.39 is 6.10 Å². The molecule has 1 unspecified atom stereocenters. The Morgan fingerprint density at radius 1 is 1.14 bits per heavy atom. The molecule has 8 nitrogen and oxygen atoms in total. The van der Waals surface area contributed by atoms with Crippen LogP contribution < -0.4 is 27.2 Å². The fourth-order valence-corrected chi connectivity index (χ4v) is 2.51. The average Bonchev–Trinajstić information content (AvgIpc) is 3.12. The number of hydrogen-bond acceptors (Lipinski definition) is 7. The highest BCUT2D eigenvalue weighted by Gasteiger charge is 2.14. The van der Waals surface area contributed by atoms with Crippen molar-refractivity contribution >= 4 is 0 Å². The second kappa shape index (κ2) is 10.6. The Balaban J connectivity index is 0.00000280. The topological polar surface area (TPSA) is 94.3 Å². The summed E-state index contributed by atoms with van der Waals surface area (Å²) in [5.74, 6) is 1.14. The predicted molar refractivity (Wildman–Crippen MR) is 100 cm³/mol. The molecule has 0 bridgehead atoms. The maximum absolute atomic E-state index is 9.35. The van der Waals surface area contributed by atoms with E-state index in [-0.39, 0.29) is 18.4 Å². The lowest BCUT2D eigenvalue weighted by atomic mass is 10.2. The first kappa shape index (κ1) is 21.6. The van der Waals surface area contributed by atoms with Crippen LogP contribution in [-0.2, 0) is 6.54 Å². The van der Waals surface area contributed by atoms with Crippen molar-refractivity contribution in [2.75, 3.05) is 13.2 Å². The molecule has 0 amide bonds. The molecule has 150 valence electrons. The molecular formula is C19H23ClN5O3-. The van der Waals surface area contributed by atoms with Crippen LogP contribution in [0.15, 0.2) is 48.5 Å². The third kappa shape index (κ3) is 5.66. The smallest absolute Gasteiger partial charge is 0.346 e. The van der Waals surface area contributed by atoms with Gasteiger partial charge in [-0.25, -0.2) is 0 Å². The molecule has 0 aliphatic heterocycles. The molecule has 1 heterocycles. The van der Waals surface area contributed by atoms with Crippen LogP contribution in [0.25, 0.3) is 5.69 Å². The Bertz CT molecular complexity index is 858. The number of nitrogens with one attached hydrogen (secondary N) is 1. The standard InChI is InChI=1S/C19H23N5O3.ClH/c1-3-26-18-11-15(13-20-12-14(2)25)9-10-17(18)27-19-21-22-23-24(19)16-7-5-4-6-8-16;/h4-11,14,20,25H,3,12-13H2,1-2H3;1H/p-1. The van der Waals surface area contributed by atoms with E-state index in [9.17, 15) is 5.11 Å². The highest BCUT2D eigenvalue weighted by molar-refractivity contribution is 5.44. The second-order valence-electron chi connectivity index (χ2n) is 6.00. The van der Waals surface area contributed by atoms with Crippen molar-refractivity contribution in [1.29, 1.82) is 0 Å². The molecule has 0 fully saturated rings. The van der Waals surface area contributed by atoms with Crippen molar-refractivity contribution in [2.45, 2.75) is 26.5 Å². The number of hydrogen-bond donors (Lipinski definition) is 2. The molecule has 9 heteroatoms. The number of aromatic nitrogens is 4. The van der Waals surface area contributed by atoms with Gasteiger partial charge in [0.15, 0.2) is 11.5 Å². The molecule has 2 aromatic carbocycles. The molecule has 0 saturated carbocycles. The lowest BCUT2D eigenvalue weighted by Crippen LogP contribution is -3.00. The number of aliphatic hydroxyl groups is 1. The van der Waals surface area contributed by atoms with Gasteiger partial charge in [-0.15, -0.1) is 0 Å². The summed E-state index contributed by atoms with van der Waals surface area (Å²) in [6.07, 6.45) is -0.393. The van der Waals surface area contributed by atoms with Crippen LogP contribution in [0.2, 0.25) is 0 Å². The Labute approximate surface area is 169 Å². The van der Waals surface area contributed by atoms with E-state index in [0.717, 1.165) is 11.3 Å². The number of aliphatic hydroxyl groups excluding tert-OH is 1. The van der Waals surface area contributed by atoms with Gasteiger partial charge in [-0.3, -0.25) is 0 Å². The van der Waals surface area contributed by atoms with Gasteiger partial charge < -0.3 is 32.3 Å². The summed E-state index contributed by atoms with van der Waals surface area (Å²) in [6.45, 7) is 5.30. The quantitative estimate of drug-likeness (QED) is 0.488. The molecule has 3 rings (SSSR count). The zero-order valence-electron chi connectivity index (χ0n) is 15.7. The number of para-hydroxylation sites is 1. The Kier molecular flexibility index (Phi) is 8.19. The Hall–Kier alpha value is -2.68. The van der Waals surface area contributed by atoms with Crippen LogP contribution in [0.1, 0.15) is 19.4 Å². The van der Waals surface area contributed by atoms with Crippen molar-refractivity contribution < 1.29 is 27.0 Å². The summed E-state index contributed by atoms with van der Waals surface area (Å²) >= 11 is 0. The third-order valence-corrected chi connectivity index (χ3v) is 3.72. The van der Waals surface area contributed by atoms with Crippen LogP contribution in [-0.4, -0.2) is 44.6 Å². The SMILES string of the molecule is CCOc1cc(CNCC(C)O)ccc1Oc1nnnn1-c1ccccc1.[Cl-]. The lowest BCUT2D eigenvalue weighted by Gasteiger charge is -2.13. The van der Waals surface area contributed by atoms with E-state index in [1.165, 1.54) is 4.68 Å². The first-order valence-electron chi connectivity index (χ1n) is 8.83. The fourth-order valence-electron chi connectivity index (χ4n) is 2.51. The summed E-state index contributed by atoms with van der Waals surface area (Å²) in [5.41, 5.74) is 1.82. The normalized spacial score (nSPS) is 11.5. The van der Waals surface area contributed by atoms with Gasteiger partial charge in [-0.1, -0.05) is 29.4 Å². The van der Waals surface area contributed by atoms with Gasteiger partial charge in [0.05, 0.1) is 18.4 Å². The second-order valence-corrected chi connectivity index (χ2v) is 6.00. The Morgan fingerprint density at radius 2 is 1.93 bits per heavy atom. The third-order valence-electron chi connectivity index (χ3n) is 3.72. The minimum Gasteiger partial charge on any atom is -1.00 e. The molecule has 3 aromatic rings. The van der Waals surface area contributed by atoms with Gasteiger partial charge in [0.25, 0.3) is 0 Å². The number of tetrazole rings is 1. The van der Waals surface area contributed by atoms with Gasteiger partial charge in [0.1, 0.15) is 0 Å². The molecule has 1 aromatic heterocycles. The molecule has 2 N–H and O–H groups in total. The summed E-state index contributed by atoms with van der Waals surface area (Å²) in [5, 5.41) is 24.2. The summed E-state index contributed by atoms with van der Waals surface area (Å²) in [6, 6.07) is 15.4. The van der Waals surface area contributed by atoms with E-state index in [1.54, 1.807) is 6.92 Å². The number of halogens is 1. The number of nitrogens with zero attached hydrogens (tertiary/aromatic N) is 4. The minimum atomic E-state index is -0.393. The number of rotatable bonds is 9. The number of ether oxygens (including phenoxy) is 2. The number of benzene rings is 2. The first-order chi connectivity index (χ1) is 13.2. The van der Waals surface area contributed by atoms with Crippen molar-refractivity contribution in [1.82, 2.24) is 25.5 Å². The largest absolute Gasteiger partial charge is 1.00 e. The molecule has 0 spiro atoms. The first-order valence-corrected chi connectivity index (χ1v) is 8.83. The van der Waals surface area contributed by atoms with Crippen molar-refractivity contribution in [3.8, 4) is 23.2 Å². The maximum atomic E-state index is 9.35. The summed E-state index contributed by atoms with van der Waals surface area (Å²) < 4.78 is 13.2. The molecule has 28 heavy (non-hydrogen) atoms. The predicted octanol–water partition coefficient (Wildman–Crippen LogP) is -0.672. The van der Waals surface area contributed by atoms with E-state index in [1.807, 2.05) is 55.5 Å². The molecular weight excluding hydrogens is 382 g/mol. The van der Waals surface area contributed by atoms with Crippen molar-refractivity contribution in [2.24, 2.45) is 0 Å². The monoisotopic (exact) mass is 404 g/mol. The fraction of sp³-hybridized carbons (Fsp3) is 0.316. The molecule has 0 aliphatic rings. The summed E-state index contributed by atoms with van der Waals surface area (Å²) in [4.78, 5) is 0. The van der Waals surface area contributed by atoms with Crippen molar-refractivity contribution in [3.63, 3.8) is 0 Å². The average molecular weight is 405 g/mol. The molecule has 1 atom stereocenters. The molecule has 0 aliphatic carbocycles. The van der Waals surface area contributed by atoms with Crippen LogP contribution in [0.5, 0.6) is 17.5 Å². The van der Waals surface area contributed by atoms with Crippen molar-refractivity contribution in [3.05, 3.63) is 54.1 Å². The zero-order chi connectivity index (χ0) is 19.1. The minimum absolute atomic E-state index is 0. The highest BCUT2D eigenvalue weighted by Crippen LogP contribution is 2.32. The van der Waals surface area contributed by atoms with Crippen LogP contribution >= 0.6 is 0 Å². The summed E-state index contributed by atoms with van der Waals surface area (Å²) in [7, 11) is 0. The van der Waals surface area contributed by atoms with E-state index >= 15 is 0 Å². The molecule has 0 radical (unpaired) electrons. The Morgan fingerprint density at radius 3 is 2.64 bits per heavy atom. The molecule has 0 saturated heterocycles. The van der Waals surface area contributed by atoms with E-state index in [0.29, 0.717) is 31.2 Å². The van der Waals surface area contributed by atoms with Crippen LogP contribution in [0.3, 0.4) is 0 Å². The van der Waals surface area contributed by atoms with Gasteiger partial charge in [-0.05, 0) is 54.1 Å². The van der Waals surface area contributed by atoms with Gasteiger partial charge in [-0.2, -0.15) is 4.68 Å². The van der Waals surface area contributed by atoms with Gasteiger partial charge in [0.2, 0.25) is 0 Å². The maximum Gasteiger partial charge on any atom is 0.346 e. The van der Waals surface area contributed by atoms with Gasteiger partial charge >= 0.3 is 6.01 Å². The highest BCUT2D eigenvalue weighted by atomic mass is 35.5. The van der Waals surface area contributed by atoms with Gasteiger partial charge in [0, 0.05) is 13.1 Å². The van der Waals surface area contributed by atoms with Crippen LogP contribution in [0.4, 0.5) is 0 Å².